The summed E-state index contributed by atoms with van der Waals surface area (Å²) in [5.41, 5.74) is 0. The second-order valence-electron chi connectivity index (χ2n) is 19.0. The van der Waals surface area contributed by atoms with Crippen molar-refractivity contribution in [1.82, 2.24) is 0 Å². The largest absolute Gasteiger partial charge is 0.393 e. The van der Waals surface area contributed by atoms with Crippen molar-refractivity contribution >= 4 is 0 Å². The molecule has 0 rings (SSSR count). The van der Waals surface area contributed by atoms with Gasteiger partial charge in [0.15, 0.2) is 0 Å². The van der Waals surface area contributed by atoms with Gasteiger partial charge < -0.3 is 29.5 Å². The molecule has 0 aromatic rings. The predicted octanol–water partition coefficient (Wildman–Crippen LogP) is 16.4. The van der Waals surface area contributed by atoms with Gasteiger partial charge in [-0.3, -0.25) is 0 Å². The monoisotopic (exact) mass is 891 g/mol. The predicted molar refractivity (Wildman–Crippen MR) is 274 cm³/mol. The quantitative estimate of drug-likeness (QED) is 0.0416. The first-order valence-electron chi connectivity index (χ1n) is 27.8. The molecule has 0 amide bonds. The van der Waals surface area contributed by atoms with Crippen LogP contribution in [0.4, 0.5) is 0 Å². The molecule has 0 radical (unpaired) electrons. The van der Waals surface area contributed by atoms with E-state index >= 15 is 0 Å². The van der Waals surface area contributed by atoms with Crippen molar-refractivity contribution in [2.24, 2.45) is 0 Å². The van der Waals surface area contributed by atoms with Gasteiger partial charge in [0.2, 0.25) is 0 Å². The first-order valence-corrected chi connectivity index (χ1v) is 27.8. The fourth-order valence-corrected chi connectivity index (χ4v) is 8.13. The second-order valence-corrected chi connectivity index (χ2v) is 19.0. The Morgan fingerprint density at radius 2 is 0.603 bits per heavy atom. The van der Waals surface area contributed by atoms with Crippen LogP contribution in [-0.2, 0) is 14.2 Å². The van der Waals surface area contributed by atoms with Crippen LogP contribution < -0.4 is 0 Å². The Hall–Kier alpha value is -1.02. The van der Waals surface area contributed by atoms with Gasteiger partial charge in [-0.2, -0.15) is 0 Å². The Kier molecular flexibility index (Phi) is 52.7. The van der Waals surface area contributed by atoms with Crippen molar-refractivity contribution < 1.29 is 29.5 Å². The Morgan fingerprint density at radius 3 is 0.937 bits per heavy atom. The smallest absolute Gasteiger partial charge is 0.104 e. The van der Waals surface area contributed by atoms with Crippen molar-refractivity contribution in [2.75, 3.05) is 33.0 Å². The zero-order valence-electron chi connectivity index (χ0n) is 42.5. The molecule has 0 aliphatic rings. The molecule has 6 nitrogen and oxygen atoms in total. The minimum atomic E-state index is -0.166. The third-order valence-electron chi connectivity index (χ3n) is 12.4. The van der Waals surface area contributed by atoms with Crippen LogP contribution in [0.15, 0.2) is 36.5 Å². The highest BCUT2D eigenvalue weighted by Gasteiger charge is 2.11. The minimum Gasteiger partial charge on any atom is -0.393 e. The number of ether oxygens (including phenoxy) is 3. The summed E-state index contributed by atoms with van der Waals surface area (Å²) in [6.45, 7) is 10.3. The van der Waals surface area contributed by atoms with Crippen molar-refractivity contribution in [3.8, 4) is 0 Å². The van der Waals surface area contributed by atoms with Crippen LogP contribution in [0.1, 0.15) is 271 Å². The zero-order valence-corrected chi connectivity index (χ0v) is 42.5. The van der Waals surface area contributed by atoms with E-state index in [0.717, 1.165) is 116 Å². The van der Waals surface area contributed by atoms with Gasteiger partial charge in [-0.25, -0.2) is 0 Å². The average Bonchev–Trinajstić information content (AvgIpc) is 3.28. The number of rotatable bonds is 53. The summed E-state index contributed by atoms with van der Waals surface area (Å²) in [4.78, 5) is 0. The molecule has 3 unspecified atom stereocenters. The average molecular weight is 892 g/mol. The van der Waals surface area contributed by atoms with Gasteiger partial charge in [-0.15, -0.1) is 0 Å². The van der Waals surface area contributed by atoms with E-state index in [4.69, 9.17) is 14.2 Å². The first-order chi connectivity index (χ1) is 31.0. The molecule has 0 saturated heterocycles. The highest BCUT2D eigenvalue weighted by atomic mass is 16.6. The number of aliphatic hydroxyl groups excluding tert-OH is 3. The van der Waals surface area contributed by atoms with Gasteiger partial charge >= 0.3 is 0 Å². The van der Waals surface area contributed by atoms with E-state index in [1.165, 1.54) is 154 Å². The van der Waals surface area contributed by atoms with Gasteiger partial charge in [0, 0.05) is 19.8 Å². The van der Waals surface area contributed by atoms with Crippen molar-refractivity contribution in [3.05, 3.63) is 36.5 Å². The lowest BCUT2D eigenvalue weighted by atomic mass is 10.1. The van der Waals surface area contributed by atoms with E-state index in [9.17, 15) is 15.3 Å². The summed E-state index contributed by atoms with van der Waals surface area (Å²) < 4.78 is 18.6. The molecular weight excluding hydrogens is 781 g/mol. The fourth-order valence-electron chi connectivity index (χ4n) is 8.13. The molecule has 3 atom stereocenters. The topological polar surface area (TPSA) is 88.4 Å². The van der Waals surface area contributed by atoms with Crippen LogP contribution in [0.25, 0.3) is 0 Å². The third-order valence-corrected chi connectivity index (χ3v) is 12.4. The fraction of sp³-hybridized carbons (Fsp3) is 0.895. The highest BCUT2D eigenvalue weighted by Crippen LogP contribution is 2.15. The highest BCUT2D eigenvalue weighted by molar-refractivity contribution is 4.85. The molecule has 0 spiro atoms. The van der Waals surface area contributed by atoms with Crippen molar-refractivity contribution in [3.63, 3.8) is 0 Å². The molecule has 0 aliphatic heterocycles. The zero-order chi connectivity index (χ0) is 45.8. The molecule has 3 N–H and O–H groups in total. The SMILES string of the molecule is CCCCCCC(O)C/C=C\CCCCCCCCOCC(COCCCCCCCC/C=C\CC(O)CCCCCC)OCCCCCCCC/C=C\CC(O)CCCCCC. The number of hydrogen-bond acceptors (Lipinski definition) is 6. The molecular formula is C57H110O6. The summed E-state index contributed by atoms with van der Waals surface area (Å²) >= 11 is 0. The van der Waals surface area contributed by atoms with Crippen LogP contribution in [0.2, 0.25) is 0 Å². The van der Waals surface area contributed by atoms with E-state index in [0.29, 0.717) is 13.2 Å². The molecule has 0 aliphatic carbocycles. The van der Waals surface area contributed by atoms with Crippen LogP contribution in [0.5, 0.6) is 0 Å². The maximum Gasteiger partial charge on any atom is 0.104 e. The molecule has 0 saturated carbocycles. The normalized spacial score (nSPS) is 14.2. The van der Waals surface area contributed by atoms with E-state index in [-0.39, 0.29) is 24.4 Å². The lowest BCUT2D eigenvalue weighted by Gasteiger charge is -2.18. The van der Waals surface area contributed by atoms with Crippen LogP contribution in [0.3, 0.4) is 0 Å². The van der Waals surface area contributed by atoms with Gasteiger partial charge in [0.1, 0.15) is 6.10 Å². The number of allylic oxidation sites excluding steroid dienone is 3. The van der Waals surface area contributed by atoms with Gasteiger partial charge in [0.05, 0.1) is 31.5 Å². The van der Waals surface area contributed by atoms with Crippen molar-refractivity contribution in [1.29, 1.82) is 0 Å². The molecule has 0 aromatic carbocycles. The molecule has 0 aromatic heterocycles. The van der Waals surface area contributed by atoms with Crippen LogP contribution >= 0.6 is 0 Å². The van der Waals surface area contributed by atoms with E-state index in [1.807, 2.05) is 0 Å². The molecule has 0 bridgehead atoms. The lowest BCUT2D eigenvalue weighted by Crippen LogP contribution is -2.26. The van der Waals surface area contributed by atoms with Crippen molar-refractivity contribution in [2.45, 2.75) is 296 Å². The Bertz CT molecular complexity index is 886. The second kappa shape index (κ2) is 53.6. The molecule has 6 heteroatoms. The van der Waals surface area contributed by atoms with E-state index in [2.05, 4.69) is 57.2 Å². The van der Waals surface area contributed by atoms with Gasteiger partial charge in [-0.1, -0.05) is 211 Å². The number of unbranched alkanes of at least 4 members (excludes halogenated alkanes) is 27. The molecule has 0 heterocycles. The van der Waals surface area contributed by atoms with Gasteiger partial charge in [-0.05, 0) is 96.3 Å². The third kappa shape index (κ3) is 51.8. The minimum absolute atomic E-state index is 0.0112. The van der Waals surface area contributed by atoms with E-state index < -0.39 is 0 Å². The molecule has 374 valence electrons. The summed E-state index contributed by atoms with van der Waals surface area (Å²) in [7, 11) is 0. The Morgan fingerprint density at radius 1 is 0.317 bits per heavy atom. The summed E-state index contributed by atoms with van der Waals surface area (Å²) in [5.74, 6) is 0. The summed E-state index contributed by atoms with van der Waals surface area (Å²) in [6, 6.07) is 0. The number of aliphatic hydroxyl groups is 3. The van der Waals surface area contributed by atoms with E-state index in [1.54, 1.807) is 0 Å². The summed E-state index contributed by atoms with van der Waals surface area (Å²) in [6.07, 6.45) is 58.5. The molecule has 63 heavy (non-hydrogen) atoms. The maximum atomic E-state index is 10.1. The standard InChI is InChI=1S/C57H110O6/c1-4-7-10-34-43-54(58)46-37-28-22-16-13-19-25-31-40-49-61-52-57(63-51-42-33-27-21-15-18-24-30-39-48-56(60)45-36-12-9-6-3)53-62-50-41-32-26-20-14-17-23-29-38-47-55(59)44-35-11-8-5-2/h28-30,37-39,54-60H,4-27,31-36,40-53H2,1-3H3/b37-28-,38-29-,39-30-. The molecule has 0 fully saturated rings. The number of hydrogen-bond donors (Lipinski definition) is 3. The Balaban J connectivity index is 4.17. The van der Waals surface area contributed by atoms with Crippen LogP contribution in [-0.4, -0.2) is 72.8 Å². The lowest BCUT2D eigenvalue weighted by molar-refractivity contribution is -0.0616. The summed E-state index contributed by atoms with van der Waals surface area (Å²) in [5, 5.41) is 30.4. The maximum absolute atomic E-state index is 10.1. The van der Waals surface area contributed by atoms with Gasteiger partial charge in [0.25, 0.3) is 0 Å². The Labute approximate surface area is 393 Å². The van der Waals surface area contributed by atoms with Crippen LogP contribution in [0, 0.1) is 0 Å². The first kappa shape index (κ1) is 62.0.